The zero-order valence-corrected chi connectivity index (χ0v) is 10.7. The molecule has 1 atom stereocenters. The van der Waals surface area contributed by atoms with Gasteiger partial charge in [-0.15, -0.1) is 0 Å². The van der Waals surface area contributed by atoms with Gasteiger partial charge < -0.3 is 5.32 Å². The minimum absolute atomic E-state index is 0.0902. The third-order valence-corrected chi connectivity index (χ3v) is 2.73. The van der Waals surface area contributed by atoms with Gasteiger partial charge in [0.1, 0.15) is 5.69 Å². The number of amides is 1. The highest BCUT2D eigenvalue weighted by atomic mass is 16.2. The van der Waals surface area contributed by atoms with Crippen LogP contribution in [-0.4, -0.2) is 20.7 Å². The smallest absolute Gasteiger partial charge is 0.272 e. The molecule has 5 heteroatoms. The zero-order chi connectivity index (χ0) is 13.1. The molecule has 0 saturated heterocycles. The number of hydrogen-bond acceptors (Lipinski definition) is 3. The number of hydrogen-bond donors (Lipinski definition) is 1. The molecule has 1 N–H and O–H groups in total. The van der Waals surface area contributed by atoms with Crippen LogP contribution in [-0.2, 0) is 7.05 Å². The number of aryl methyl sites for hydroxylation is 2. The number of carbonyl (C=O) groups is 1. The van der Waals surface area contributed by atoms with Crippen LogP contribution in [0.4, 0.5) is 0 Å². The maximum atomic E-state index is 11.9. The summed E-state index contributed by atoms with van der Waals surface area (Å²) in [6.07, 6.45) is 3.52. The number of nitrogens with one attached hydrogen (secondary N) is 1. The maximum Gasteiger partial charge on any atom is 0.272 e. The summed E-state index contributed by atoms with van der Waals surface area (Å²) in [4.78, 5) is 16.1. The topological polar surface area (TPSA) is 59.8 Å². The van der Waals surface area contributed by atoms with E-state index in [1.54, 1.807) is 30.2 Å². The molecule has 2 heterocycles. The predicted molar refractivity (Wildman–Crippen MR) is 68.1 cm³/mol. The van der Waals surface area contributed by atoms with Crippen LogP contribution >= 0.6 is 0 Å². The highest BCUT2D eigenvalue weighted by molar-refractivity contribution is 5.92. The highest BCUT2D eigenvalue weighted by Crippen LogP contribution is 2.11. The molecule has 0 aliphatic heterocycles. The van der Waals surface area contributed by atoms with Gasteiger partial charge in [-0.05, 0) is 31.5 Å². The largest absolute Gasteiger partial charge is 0.344 e. The first-order valence-corrected chi connectivity index (χ1v) is 5.79. The summed E-state index contributed by atoms with van der Waals surface area (Å²) in [5, 5.41) is 6.95. The SMILES string of the molecule is Cc1ccc([C@@H](C)NC(=O)c2ccn(C)n2)cn1. The van der Waals surface area contributed by atoms with Crippen LogP contribution in [0.25, 0.3) is 0 Å². The highest BCUT2D eigenvalue weighted by Gasteiger charge is 2.13. The first-order valence-electron chi connectivity index (χ1n) is 5.79. The summed E-state index contributed by atoms with van der Waals surface area (Å²) < 4.78 is 1.60. The van der Waals surface area contributed by atoms with E-state index in [1.165, 1.54) is 0 Å². The van der Waals surface area contributed by atoms with Crippen molar-refractivity contribution in [3.63, 3.8) is 0 Å². The summed E-state index contributed by atoms with van der Waals surface area (Å²) in [5.41, 5.74) is 2.36. The Morgan fingerprint density at radius 3 is 2.72 bits per heavy atom. The van der Waals surface area contributed by atoms with Crippen molar-refractivity contribution < 1.29 is 4.79 Å². The van der Waals surface area contributed by atoms with Gasteiger partial charge in [0.05, 0.1) is 6.04 Å². The van der Waals surface area contributed by atoms with Gasteiger partial charge in [-0.25, -0.2) is 0 Å². The van der Waals surface area contributed by atoms with E-state index in [4.69, 9.17) is 0 Å². The van der Waals surface area contributed by atoms with Gasteiger partial charge in [0.2, 0.25) is 0 Å². The molecule has 5 nitrogen and oxygen atoms in total. The fourth-order valence-electron chi connectivity index (χ4n) is 1.63. The Labute approximate surface area is 106 Å². The number of pyridine rings is 1. The van der Waals surface area contributed by atoms with Gasteiger partial charge in [0, 0.05) is 25.1 Å². The van der Waals surface area contributed by atoms with Gasteiger partial charge in [0.25, 0.3) is 5.91 Å². The van der Waals surface area contributed by atoms with Crippen LogP contribution in [0.3, 0.4) is 0 Å². The van der Waals surface area contributed by atoms with Crippen molar-refractivity contribution >= 4 is 5.91 Å². The van der Waals surface area contributed by atoms with Crippen molar-refractivity contribution in [2.45, 2.75) is 19.9 Å². The van der Waals surface area contributed by atoms with Gasteiger partial charge in [-0.1, -0.05) is 6.07 Å². The molecular formula is C13H16N4O. The summed E-state index contributed by atoms with van der Waals surface area (Å²) in [6, 6.07) is 5.49. The molecule has 0 unspecified atom stereocenters. The molecule has 2 rings (SSSR count). The summed E-state index contributed by atoms with van der Waals surface area (Å²) >= 11 is 0. The van der Waals surface area contributed by atoms with Crippen molar-refractivity contribution in [3.8, 4) is 0 Å². The molecule has 0 aromatic carbocycles. The van der Waals surface area contributed by atoms with Crippen LogP contribution in [0.1, 0.15) is 34.7 Å². The first kappa shape index (κ1) is 12.3. The predicted octanol–water partition coefficient (Wildman–Crippen LogP) is 1.61. The molecule has 18 heavy (non-hydrogen) atoms. The molecule has 0 saturated carbocycles. The normalized spacial score (nSPS) is 12.2. The minimum Gasteiger partial charge on any atom is -0.344 e. The van der Waals surface area contributed by atoms with Crippen molar-refractivity contribution in [3.05, 3.63) is 47.5 Å². The van der Waals surface area contributed by atoms with Gasteiger partial charge in [-0.3, -0.25) is 14.5 Å². The fourth-order valence-corrected chi connectivity index (χ4v) is 1.63. The molecule has 1 amide bonds. The monoisotopic (exact) mass is 244 g/mol. The van der Waals surface area contributed by atoms with E-state index < -0.39 is 0 Å². The van der Waals surface area contributed by atoms with Crippen LogP contribution < -0.4 is 5.32 Å². The van der Waals surface area contributed by atoms with Crippen LogP contribution in [0.2, 0.25) is 0 Å². The quantitative estimate of drug-likeness (QED) is 0.892. The minimum atomic E-state index is -0.177. The van der Waals surface area contributed by atoms with E-state index in [-0.39, 0.29) is 11.9 Å². The Morgan fingerprint density at radius 1 is 1.39 bits per heavy atom. The Morgan fingerprint density at radius 2 is 2.17 bits per heavy atom. The molecule has 0 radical (unpaired) electrons. The standard InChI is InChI=1S/C13H16N4O/c1-9-4-5-11(8-14-9)10(2)15-13(18)12-6-7-17(3)16-12/h4-8,10H,1-3H3,(H,15,18)/t10-/m1/s1. The van der Waals surface area contributed by atoms with Crippen LogP contribution in [0, 0.1) is 6.92 Å². The van der Waals surface area contributed by atoms with Crippen molar-refractivity contribution in [1.29, 1.82) is 0 Å². The van der Waals surface area contributed by atoms with E-state index in [2.05, 4.69) is 15.4 Å². The average molecular weight is 244 g/mol. The number of nitrogens with zero attached hydrogens (tertiary/aromatic N) is 3. The van der Waals surface area contributed by atoms with E-state index in [9.17, 15) is 4.79 Å². The molecule has 94 valence electrons. The van der Waals surface area contributed by atoms with E-state index in [1.807, 2.05) is 26.0 Å². The summed E-state index contributed by atoms with van der Waals surface area (Å²) in [5.74, 6) is -0.177. The Bertz CT molecular complexity index is 544. The molecule has 0 aliphatic rings. The van der Waals surface area contributed by atoms with E-state index in [0.717, 1.165) is 11.3 Å². The molecule has 0 fully saturated rings. The lowest BCUT2D eigenvalue weighted by Crippen LogP contribution is -2.27. The zero-order valence-electron chi connectivity index (χ0n) is 10.7. The van der Waals surface area contributed by atoms with E-state index in [0.29, 0.717) is 5.69 Å². The second-order valence-electron chi connectivity index (χ2n) is 4.30. The number of aromatic nitrogens is 3. The molecular weight excluding hydrogens is 228 g/mol. The molecule has 0 bridgehead atoms. The Hall–Kier alpha value is -2.17. The van der Waals surface area contributed by atoms with Gasteiger partial charge in [-0.2, -0.15) is 5.10 Å². The molecule has 0 spiro atoms. The molecule has 0 aliphatic carbocycles. The maximum absolute atomic E-state index is 11.9. The third-order valence-electron chi connectivity index (χ3n) is 2.73. The number of rotatable bonds is 3. The lowest BCUT2D eigenvalue weighted by Gasteiger charge is -2.13. The van der Waals surface area contributed by atoms with Crippen molar-refractivity contribution in [1.82, 2.24) is 20.1 Å². The molecule has 2 aromatic rings. The number of carbonyl (C=O) groups excluding carboxylic acids is 1. The van der Waals surface area contributed by atoms with Gasteiger partial charge in [0.15, 0.2) is 0 Å². The van der Waals surface area contributed by atoms with Crippen LogP contribution in [0.5, 0.6) is 0 Å². The van der Waals surface area contributed by atoms with Crippen LogP contribution in [0.15, 0.2) is 30.6 Å². The molecule has 2 aromatic heterocycles. The Balaban J connectivity index is 2.05. The summed E-state index contributed by atoms with van der Waals surface area (Å²) in [7, 11) is 1.78. The lowest BCUT2D eigenvalue weighted by atomic mass is 10.1. The second-order valence-corrected chi connectivity index (χ2v) is 4.30. The fraction of sp³-hybridized carbons (Fsp3) is 0.308. The lowest BCUT2D eigenvalue weighted by molar-refractivity contribution is 0.0934. The van der Waals surface area contributed by atoms with E-state index >= 15 is 0 Å². The second kappa shape index (κ2) is 5.00. The average Bonchev–Trinajstić information content (AvgIpc) is 2.76. The van der Waals surface area contributed by atoms with Crippen molar-refractivity contribution in [2.24, 2.45) is 7.05 Å². The third kappa shape index (κ3) is 2.74. The first-order chi connectivity index (χ1) is 8.56. The van der Waals surface area contributed by atoms with Gasteiger partial charge >= 0.3 is 0 Å². The summed E-state index contributed by atoms with van der Waals surface area (Å²) in [6.45, 7) is 3.86. The van der Waals surface area contributed by atoms with Crippen molar-refractivity contribution in [2.75, 3.05) is 0 Å². The Kier molecular flexibility index (Phi) is 3.41.